The average molecular weight is 342 g/mol. The van der Waals surface area contributed by atoms with Crippen molar-refractivity contribution in [2.75, 3.05) is 13.2 Å². The van der Waals surface area contributed by atoms with Crippen molar-refractivity contribution in [2.45, 2.75) is 13.0 Å². The monoisotopic (exact) mass is 341 g/mol. The van der Waals surface area contributed by atoms with Crippen LogP contribution < -0.4 is 15.2 Å². The molecule has 0 saturated heterocycles. The largest absolute Gasteiger partial charge is 0.490 e. The van der Waals surface area contributed by atoms with Gasteiger partial charge in [0, 0.05) is 21.3 Å². The lowest BCUT2D eigenvalue weighted by molar-refractivity contribution is 0.203. The Morgan fingerprint density at radius 2 is 2.05 bits per heavy atom. The van der Waals surface area contributed by atoms with E-state index in [2.05, 4.69) is 15.9 Å². The minimum Gasteiger partial charge on any atom is -0.490 e. The highest BCUT2D eigenvalue weighted by molar-refractivity contribution is 9.10. The number of hydrogen-bond donors (Lipinski definition) is 1. The molecule has 0 spiro atoms. The standard InChI is InChI=1S/C14H16BrNO2S/c1-2-17-11-5-3-4-6-12(11)18-13(8-16)14-7-10(15)9-19-14/h3-7,9,13H,2,8,16H2,1H3. The maximum atomic E-state index is 5.99. The van der Waals surface area contributed by atoms with E-state index in [9.17, 15) is 0 Å². The molecule has 0 aliphatic carbocycles. The molecule has 1 heterocycles. The molecule has 0 bridgehead atoms. The Morgan fingerprint density at radius 1 is 1.32 bits per heavy atom. The minimum absolute atomic E-state index is 0.155. The molecule has 2 aromatic rings. The Hall–Kier alpha value is -1.04. The van der Waals surface area contributed by atoms with E-state index in [0.717, 1.165) is 20.8 Å². The number of rotatable bonds is 6. The first-order chi connectivity index (χ1) is 9.24. The molecule has 0 aliphatic rings. The van der Waals surface area contributed by atoms with Gasteiger partial charge in [-0.1, -0.05) is 12.1 Å². The van der Waals surface area contributed by atoms with Crippen molar-refractivity contribution in [3.05, 3.63) is 45.1 Å². The van der Waals surface area contributed by atoms with Crippen LogP contribution in [-0.4, -0.2) is 13.2 Å². The fourth-order valence-corrected chi connectivity index (χ4v) is 3.18. The summed E-state index contributed by atoms with van der Waals surface area (Å²) >= 11 is 5.07. The maximum Gasteiger partial charge on any atom is 0.162 e. The summed E-state index contributed by atoms with van der Waals surface area (Å²) in [6.45, 7) is 2.99. The van der Waals surface area contributed by atoms with E-state index < -0.39 is 0 Å². The molecule has 0 fully saturated rings. The van der Waals surface area contributed by atoms with Crippen LogP contribution in [0.3, 0.4) is 0 Å². The van der Waals surface area contributed by atoms with Gasteiger partial charge in [0.15, 0.2) is 11.5 Å². The smallest absolute Gasteiger partial charge is 0.162 e. The van der Waals surface area contributed by atoms with Crippen LogP contribution in [0.4, 0.5) is 0 Å². The van der Waals surface area contributed by atoms with Gasteiger partial charge >= 0.3 is 0 Å². The lowest BCUT2D eigenvalue weighted by atomic mass is 10.2. The number of halogens is 1. The summed E-state index contributed by atoms with van der Waals surface area (Å²) in [4.78, 5) is 1.10. The summed E-state index contributed by atoms with van der Waals surface area (Å²) in [6, 6.07) is 9.69. The molecule has 19 heavy (non-hydrogen) atoms. The Labute approximate surface area is 125 Å². The predicted octanol–water partition coefficient (Wildman–Crippen LogP) is 3.99. The van der Waals surface area contributed by atoms with Crippen molar-refractivity contribution in [1.29, 1.82) is 0 Å². The molecule has 0 saturated carbocycles. The molecular weight excluding hydrogens is 326 g/mol. The van der Waals surface area contributed by atoms with Gasteiger partial charge in [-0.2, -0.15) is 0 Å². The topological polar surface area (TPSA) is 44.5 Å². The summed E-state index contributed by atoms with van der Waals surface area (Å²) < 4.78 is 12.6. The Balaban J connectivity index is 2.18. The van der Waals surface area contributed by atoms with Gasteiger partial charge in [0.25, 0.3) is 0 Å². The highest BCUT2D eigenvalue weighted by atomic mass is 79.9. The second-order valence-corrected chi connectivity index (χ2v) is 5.75. The number of benzene rings is 1. The van der Waals surface area contributed by atoms with Gasteiger partial charge in [0.2, 0.25) is 0 Å². The Kier molecular flexibility index (Phi) is 5.24. The third-order valence-electron chi connectivity index (χ3n) is 2.54. The van der Waals surface area contributed by atoms with E-state index in [1.807, 2.05) is 42.6 Å². The minimum atomic E-state index is -0.155. The molecule has 102 valence electrons. The van der Waals surface area contributed by atoms with Crippen LogP contribution in [-0.2, 0) is 0 Å². The molecule has 1 atom stereocenters. The molecule has 1 aromatic carbocycles. The Morgan fingerprint density at radius 3 is 2.63 bits per heavy atom. The summed E-state index contributed by atoms with van der Waals surface area (Å²) in [6.07, 6.45) is -0.155. The third-order valence-corrected chi connectivity index (χ3v) is 4.32. The summed E-state index contributed by atoms with van der Waals surface area (Å²) in [5, 5.41) is 2.02. The van der Waals surface area contributed by atoms with Gasteiger partial charge in [-0.3, -0.25) is 0 Å². The van der Waals surface area contributed by atoms with E-state index in [4.69, 9.17) is 15.2 Å². The quantitative estimate of drug-likeness (QED) is 0.863. The normalized spacial score (nSPS) is 12.2. The summed E-state index contributed by atoms with van der Waals surface area (Å²) in [7, 11) is 0. The molecule has 3 nitrogen and oxygen atoms in total. The number of thiophene rings is 1. The molecule has 1 unspecified atom stereocenters. The van der Waals surface area contributed by atoms with E-state index >= 15 is 0 Å². The average Bonchev–Trinajstić information content (AvgIpc) is 2.84. The summed E-state index contributed by atoms with van der Waals surface area (Å²) in [5.41, 5.74) is 5.81. The van der Waals surface area contributed by atoms with Crippen LogP contribution in [0.2, 0.25) is 0 Å². The highest BCUT2D eigenvalue weighted by Gasteiger charge is 2.16. The van der Waals surface area contributed by atoms with Crippen molar-refractivity contribution in [3.63, 3.8) is 0 Å². The first-order valence-corrected chi connectivity index (χ1v) is 7.74. The lowest BCUT2D eigenvalue weighted by Crippen LogP contribution is -2.17. The maximum absolute atomic E-state index is 5.99. The van der Waals surface area contributed by atoms with Crippen LogP contribution in [0, 0.1) is 0 Å². The second kappa shape index (κ2) is 6.93. The molecule has 0 radical (unpaired) electrons. The number of para-hydroxylation sites is 2. The molecule has 2 rings (SSSR count). The van der Waals surface area contributed by atoms with Crippen molar-refractivity contribution in [2.24, 2.45) is 5.73 Å². The van der Waals surface area contributed by atoms with Gasteiger partial charge in [-0.25, -0.2) is 0 Å². The number of nitrogens with two attached hydrogens (primary N) is 1. The SMILES string of the molecule is CCOc1ccccc1OC(CN)c1cc(Br)cs1. The van der Waals surface area contributed by atoms with Crippen molar-refractivity contribution in [3.8, 4) is 11.5 Å². The van der Waals surface area contributed by atoms with Gasteiger partial charge in [-0.15, -0.1) is 11.3 Å². The van der Waals surface area contributed by atoms with E-state index in [-0.39, 0.29) is 6.10 Å². The van der Waals surface area contributed by atoms with Gasteiger partial charge in [-0.05, 0) is 41.1 Å². The molecular formula is C14H16BrNO2S. The predicted molar refractivity (Wildman–Crippen MR) is 82.1 cm³/mol. The number of ether oxygens (including phenoxy) is 2. The third kappa shape index (κ3) is 3.72. The fourth-order valence-electron chi connectivity index (χ4n) is 1.69. The van der Waals surface area contributed by atoms with Crippen molar-refractivity contribution in [1.82, 2.24) is 0 Å². The molecule has 0 aliphatic heterocycles. The zero-order chi connectivity index (χ0) is 13.7. The van der Waals surface area contributed by atoms with Gasteiger partial charge in [0.1, 0.15) is 6.10 Å². The van der Waals surface area contributed by atoms with Crippen LogP contribution >= 0.6 is 27.3 Å². The molecule has 2 N–H and O–H groups in total. The van der Waals surface area contributed by atoms with Crippen LogP contribution in [0.25, 0.3) is 0 Å². The molecule has 5 heteroatoms. The highest BCUT2D eigenvalue weighted by Crippen LogP contribution is 2.33. The molecule has 1 aromatic heterocycles. The van der Waals surface area contributed by atoms with E-state index in [1.54, 1.807) is 11.3 Å². The first kappa shape index (κ1) is 14.4. The number of hydrogen-bond acceptors (Lipinski definition) is 4. The van der Waals surface area contributed by atoms with E-state index in [0.29, 0.717) is 13.2 Å². The van der Waals surface area contributed by atoms with Crippen molar-refractivity contribution >= 4 is 27.3 Å². The first-order valence-electron chi connectivity index (χ1n) is 6.07. The van der Waals surface area contributed by atoms with Crippen LogP contribution in [0.1, 0.15) is 17.9 Å². The van der Waals surface area contributed by atoms with Crippen molar-refractivity contribution < 1.29 is 9.47 Å². The Bertz CT molecular complexity index is 530. The van der Waals surface area contributed by atoms with Crippen LogP contribution in [0.15, 0.2) is 40.2 Å². The fraction of sp³-hybridized carbons (Fsp3) is 0.286. The van der Waals surface area contributed by atoms with Crippen LogP contribution in [0.5, 0.6) is 11.5 Å². The summed E-state index contributed by atoms with van der Waals surface area (Å²) in [5.74, 6) is 1.48. The zero-order valence-corrected chi connectivity index (χ0v) is 13.0. The molecule has 0 amide bonds. The zero-order valence-electron chi connectivity index (χ0n) is 10.6. The lowest BCUT2D eigenvalue weighted by Gasteiger charge is -2.18. The second-order valence-electron chi connectivity index (χ2n) is 3.89. The van der Waals surface area contributed by atoms with Gasteiger partial charge in [0.05, 0.1) is 6.61 Å². The van der Waals surface area contributed by atoms with Gasteiger partial charge < -0.3 is 15.2 Å². The van der Waals surface area contributed by atoms with E-state index in [1.165, 1.54) is 0 Å².